The summed E-state index contributed by atoms with van der Waals surface area (Å²) in [5.74, 6) is -1.68. The Bertz CT molecular complexity index is 1440. The Balaban J connectivity index is 1.60. The van der Waals surface area contributed by atoms with Crippen molar-refractivity contribution in [2.45, 2.75) is 81.8 Å². The molecule has 0 aromatic heterocycles. The van der Waals surface area contributed by atoms with E-state index in [0.29, 0.717) is 36.0 Å². The molecule has 2 aromatic rings. The molecule has 2 aliphatic rings. The van der Waals surface area contributed by atoms with Gasteiger partial charge in [0.15, 0.2) is 0 Å². The molecule has 2 aromatic carbocycles. The summed E-state index contributed by atoms with van der Waals surface area (Å²) in [5, 5.41) is 3.00. The number of nitrogens with two attached hydrogens (primary N) is 2. The summed E-state index contributed by atoms with van der Waals surface area (Å²) >= 11 is 0. The van der Waals surface area contributed by atoms with Crippen LogP contribution in [0.15, 0.2) is 48.5 Å². The first-order valence-electron chi connectivity index (χ1n) is 15.0. The number of ether oxygens (including phenoxy) is 3. The zero-order valence-electron chi connectivity index (χ0n) is 25.7. The van der Waals surface area contributed by atoms with E-state index in [-0.39, 0.29) is 38.3 Å². The molecule has 0 radical (unpaired) electrons. The maximum absolute atomic E-state index is 13.8. The predicted octanol–water partition coefficient (Wildman–Crippen LogP) is 3.96. The molecule has 2 saturated heterocycles. The van der Waals surface area contributed by atoms with Gasteiger partial charge in [-0.1, -0.05) is 42.0 Å². The van der Waals surface area contributed by atoms with Crippen LogP contribution in [-0.4, -0.2) is 60.3 Å². The number of amides is 3. The van der Waals surface area contributed by atoms with E-state index in [1.807, 2.05) is 12.1 Å². The summed E-state index contributed by atoms with van der Waals surface area (Å²) in [7, 11) is 0. The molecule has 46 heavy (non-hydrogen) atoms. The van der Waals surface area contributed by atoms with E-state index < -0.39 is 59.7 Å². The van der Waals surface area contributed by atoms with Crippen molar-refractivity contribution in [3.05, 3.63) is 70.8 Å². The van der Waals surface area contributed by atoms with Gasteiger partial charge in [-0.3, -0.25) is 19.3 Å². The van der Waals surface area contributed by atoms with Gasteiger partial charge in [0.2, 0.25) is 18.6 Å². The van der Waals surface area contributed by atoms with Crippen LogP contribution < -0.4 is 16.8 Å². The maximum atomic E-state index is 13.8. The number of likely N-dealkylation sites (tertiary alicyclic amines) is 1. The molecule has 250 valence electrons. The van der Waals surface area contributed by atoms with E-state index in [4.69, 9.17) is 25.7 Å². The molecule has 4 rings (SSSR count). The average molecular weight is 649 g/mol. The maximum Gasteiger partial charge on any atom is 0.416 e. The Kier molecular flexibility index (Phi) is 10.6. The third-order valence-electron chi connectivity index (χ3n) is 8.62. The van der Waals surface area contributed by atoms with Crippen LogP contribution >= 0.6 is 0 Å². The minimum Gasteiger partial charge on any atom is -0.427 e. The number of alkyl halides is 3. The zero-order chi connectivity index (χ0) is 33.7. The Morgan fingerprint density at radius 1 is 1.07 bits per heavy atom. The van der Waals surface area contributed by atoms with Gasteiger partial charge in [-0.25, -0.2) is 4.79 Å². The number of halogens is 3. The van der Waals surface area contributed by atoms with Crippen molar-refractivity contribution in [3.63, 3.8) is 0 Å². The molecule has 5 N–H and O–H groups in total. The lowest BCUT2D eigenvalue weighted by atomic mass is 9.74. The van der Waals surface area contributed by atoms with Gasteiger partial charge in [-0.15, -0.1) is 0 Å². The highest BCUT2D eigenvalue weighted by Gasteiger charge is 2.54. The van der Waals surface area contributed by atoms with Gasteiger partial charge in [0.1, 0.15) is 6.04 Å². The van der Waals surface area contributed by atoms with Crippen LogP contribution in [0, 0.1) is 6.92 Å². The standard InChI is InChI=1S/C32H39F3N4O7/c1-20-14-22(16-24(15-20)32(33,34)35)21(2)44-18-31(23-6-4-3-5-7-23)13-12-30(11-10-27(41)38-30)17-39(31)29(43)46-19-45-28(42)25(36)8-9-26(37)40/h3-7,14-16,21,25H,8-13,17-19,36H2,1-2H3,(H2,37,40)(H,38,41)/t21-,25?,30-,31-/m1/s1. The molecule has 14 heteroatoms. The van der Waals surface area contributed by atoms with Crippen LogP contribution in [0.3, 0.4) is 0 Å². The predicted molar refractivity (Wildman–Crippen MR) is 159 cm³/mol. The minimum absolute atomic E-state index is 0.0406. The summed E-state index contributed by atoms with van der Waals surface area (Å²) in [6.45, 7) is 2.36. The van der Waals surface area contributed by atoms with Crippen molar-refractivity contribution >= 4 is 23.9 Å². The summed E-state index contributed by atoms with van der Waals surface area (Å²) in [6.07, 6.45) is -4.80. The fourth-order valence-corrected chi connectivity index (χ4v) is 6.02. The number of carbonyl (C=O) groups excluding carboxylic acids is 4. The van der Waals surface area contributed by atoms with Gasteiger partial charge < -0.3 is 31.0 Å². The molecule has 2 aliphatic heterocycles. The number of hydrogen-bond donors (Lipinski definition) is 3. The lowest BCUT2D eigenvalue weighted by Gasteiger charge is -2.52. The second-order valence-electron chi connectivity index (χ2n) is 12.0. The Labute approximate surface area is 264 Å². The molecule has 0 aliphatic carbocycles. The Morgan fingerprint density at radius 3 is 2.41 bits per heavy atom. The molecule has 1 spiro atoms. The molecule has 4 atom stereocenters. The highest BCUT2D eigenvalue weighted by Crippen LogP contribution is 2.45. The highest BCUT2D eigenvalue weighted by atomic mass is 19.4. The van der Waals surface area contributed by atoms with Crippen molar-refractivity contribution < 1.29 is 46.6 Å². The topological polar surface area (TPSA) is 163 Å². The van der Waals surface area contributed by atoms with Gasteiger partial charge in [0.25, 0.3) is 0 Å². The van der Waals surface area contributed by atoms with Gasteiger partial charge in [0, 0.05) is 19.4 Å². The fraction of sp³-hybridized carbons (Fsp3) is 0.500. The van der Waals surface area contributed by atoms with Crippen molar-refractivity contribution in [2.75, 3.05) is 19.9 Å². The smallest absolute Gasteiger partial charge is 0.416 e. The number of primary amides is 1. The molecule has 2 fully saturated rings. The summed E-state index contributed by atoms with van der Waals surface area (Å²) in [4.78, 5) is 50.8. The van der Waals surface area contributed by atoms with Crippen molar-refractivity contribution in [3.8, 4) is 0 Å². The second-order valence-corrected chi connectivity index (χ2v) is 12.0. The van der Waals surface area contributed by atoms with Gasteiger partial charge in [-0.05, 0) is 62.8 Å². The minimum atomic E-state index is -4.54. The van der Waals surface area contributed by atoms with Crippen molar-refractivity contribution in [1.82, 2.24) is 10.2 Å². The molecular weight excluding hydrogens is 609 g/mol. The van der Waals surface area contributed by atoms with Gasteiger partial charge >= 0.3 is 18.2 Å². The molecule has 0 bridgehead atoms. The molecule has 11 nitrogen and oxygen atoms in total. The van der Waals surface area contributed by atoms with Gasteiger partial charge in [-0.2, -0.15) is 13.2 Å². The molecule has 0 saturated carbocycles. The van der Waals surface area contributed by atoms with E-state index in [2.05, 4.69) is 5.32 Å². The van der Waals surface area contributed by atoms with Crippen molar-refractivity contribution in [1.29, 1.82) is 0 Å². The van der Waals surface area contributed by atoms with E-state index in [0.717, 1.165) is 12.1 Å². The zero-order valence-corrected chi connectivity index (χ0v) is 25.7. The Morgan fingerprint density at radius 2 is 1.78 bits per heavy atom. The third-order valence-corrected chi connectivity index (χ3v) is 8.62. The SMILES string of the molecule is Cc1cc([C@@H](C)OC[C@@]2(c3ccccc3)CC[C@]3(CCC(=O)N3)CN2C(=O)OCOC(=O)C(N)CCC(N)=O)cc(C(F)(F)F)c1. The van der Waals surface area contributed by atoms with E-state index in [1.165, 1.54) is 4.90 Å². The van der Waals surface area contributed by atoms with Gasteiger partial charge in [0.05, 0.1) is 29.4 Å². The quantitative estimate of drug-likeness (QED) is 0.244. The van der Waals surface area contributed by atoms with Crippen LogP contribution in [-0.2, 0) is 40.3 Å². The first-order chi connectivity index (χ1) is 21.6. The summed E-state index contributed by atoms with van der Waals surface area (Å²) < 4.78 is 57.4. The fourth-order valence-electron chi connectivity index (χ4n) is 6.02. The van der Waals surface area contributed by atoms with E-state index in [1.54, 1.807) is 38.1 Å². The average Bonchev–Trinajstić information content (AvgIpc) is 3.38. The number of benzene rings is 2. The van der Waals surface area contributed by atoms with Crippen LogP contribution in [0.4, 0.5) is 18.0 Å². The largest absolute Gasteiger partial charge is 0.427 e. The number of carbonyl (C=O) groups is 4. The lowest BCUT2D eigenvalue weighted by molar-refractivity contribution is -0.155. The number of aryl methyl sites for hydroxylation is 1. The lowest BCUT2D eigenvalue weighted by Crippen LogP contribution is -2.65. The third kappa shape index (κ3) is 8.15. The van der Waals surface area contributed by atoms with E-state index >= 15 is 0 Å². The molecule has 2 heterocycles. The number of esters is 1. The van der Waals surface area contributed by atoms with Crippen LogP contribution in [0.1, 0.15) is 73.8 Å². The first-order valence-corrected chi connectivity index (χ1v) is 15.0. The second kappa shape index (κ2) is 14.1. The normalized spacial score (nSPS) is 22.7. The number of rotatable bonds is 11. The first kappa shape index (κ1) is 34.7. The summed E-state index contributed by atoms with van der Waals surface area (Å²) in [6, 6.07) is 11.6. The number of hydrogen-bond acceptors (Lipinski definition) is 8. The molecule has 1 unspecified atom stereocenters. The molecular formula is C32H39F3N4O7. The number of piperidine rings is 1. The Hall–Kier alpha value is -4.17. The highest BCUT2D eigenvalue weighted by molar-refractivity contribution is 5.80. The molecule has 3 amide bonds. The monoisotopic (exact) mass is 648 g/mol. The van der Waals surface area contributed by atoms with E-state index in [9.17, 15) is 32.3 Å². The number of nitrogens with zero attached hydrogens (tertiary/aromatic N) is 1. The van der Waals surface area contributed by atoms with Crippen LogP contribution in [0.25, 0.3) is 0 Å². The van der Waals surface area contributed by atoms with Crippen LogP contribution in [0.2, 0.25) is 0 Å². The van der Waals surface area contributed by atoms with Crippen molar-refractivity contribution in [2.24, 2.45) is 11.5 Å². The summed E-state index contributed by atoms with van der Waals surface area (Å²) in [5.41, 5.74) is 9.58. The van der Waals surface area contributed by atoms with Crippen LogP contribution in [0.5, 0.6) is 0 Å². The number of nitrogens with one attached hydrogen (secondary N) is 1.